The van der Waals surface area contributed by atoms with Crippen LogP contribution in [0.1, 0.15) is 29.6 Å². The quantitative estimate of drug-likeness (QED) is 0.524. The number of Topliss-reactive ketones (excluding diaryl/α,β-unsaturated/α-hetero) is 1. The molecule has 0 unspecified atom stereocenters. The highest BCUT2D eigenvalue weighted by atomic mass is 127. The topological polar surface area (TPSA) is 71.5 Å². The van der Waals surface area contributed by atoms with E-state index in [2.05, 4.69) is 22.6 Å². The summed E-state index contributed by atoms with van der Waals surface area (Å²) in [4.78, 5) is 25.6. The first-order valence-electron chi connectivity index (χ1n) is 7.03. The molecule has 1 aromatic rings. The molecular formula is C15H18INO4S. The summed E-state index contributed by atoms with van der Waals surface area (Å²) < 4.78 is 24.0. The van der Waals surface area contributed by atoms with E-state index in [0.29, 0.717) is 12.0 Å². The molecule has 1 amide bonds. The van der Waals surface area contributed by atoms with Crippen LogP contribution in [0.3, 0.4) is 0 Å². The molecule has 0 aliphatic carbocycles. The van der Waals surface area contributed by atoms with E-state index in [9.17, 15) is 18.0 Å². The van der Waals surface area contributed by atoms with Crippen LogP contribution >= 0.6 is 22.6 Å². The Hall–Kier alpha value is -0.960. The molecule has 1 aliphatic rings. The third-order valence-corrected chi connectivity index (χ3v) is 6.35. The van der Waals surface area contributed by atoms with Gasteiger partial charge in [-0.05, 0) is 41.1 Å². The third kappa shape index (κ3) is 4.52. The predicted octanol–water partition coefficient (Wildman–Crippen LogP) is 1.90. The lowest BCUT2D eigenvalue weighted by atomic mass is 10.1. The molecular weight excluding hydrogens is 417 g/mol. The summed E-state index contributed by atoms with van der Waals surface area (Å²) >= 11 is 2.16. The van der Waals surface area contributed by atoms with Crippen LogP contribution in [0.15, 0.2) is 24.3 Å². The van der Waals surface area contributed by atoms with E-state index in [1.165, 1.54) is 4.90 Å². The Morgan fingerprint density at radius 1 is 1.23 bits per heavy atom. The van der Waals surface area contributed by atoms with Crippen molar-refractivity contribution in [2.45, 2.75) is 25.3 Å². The predicted molar refractivity (Wildman–Crippen MR) is 92.6 cm³/mol. The molecule has 1 heterocycles. The summed E-state index contributed by atoms with van der Waals surface area (Å²) in [5.74, 6) is -0.0878. The summed E-state index contributed by atoms with van der Waals surface area (Å²) in [6, 6.07) is 6.95. The highest BCUT2D eigenvalue weighted by Gasteiger charge is 2.32. The zero-order valence-corrected chi connectivity index (χ0v) is 15.3. The summed E-state index contributed by atoms with van der Waals surface area (Å²) in [6.07, 6.45) is 0.733. The van der Waals surface area contributed by atoms with Crippen molar-refractivity contribution >= 4 is 44.1 Å². The van der Waals surface area contributed by atoms with E-state index in [4.69, 9.17) is 0 Å². The number of amides is 1. The lowest BCUT2D eigenvalue weighted by Gasteiger charge is -2.23. The Morgan fingerprint density at radius 3 is 2.41 bits per heavy atom. The molecule has 2 rings (SSSR count). The maximum absolute atomic E-state index is 12.1. The van der Waals surface area contributed by atoms with Crippen molar-refractivity contribution in [3.63, 3.8) is 0 Å². The van der Waals surface area contributed by atoms with Crippen molar-refractivity contribution in [2.75, 3.05) is 18.6 Å². The second-order valence-corrected chi connectivity index (χ2v) is 8.97. The number of halogens is 1. The molecule has 0 spiro atoms. The van der Waals surface area contributed by atoms with Gasteiger partial charge in [0.15, 0.2) is 15.6 Å². The number of carbonyl (C=O) groups excluding carboxylic acids is 2. The fourth-order valence-electron chi connectivity index (χ4n) is 2.46. The minimum atomic E-state index is -3.01. The van der Waals surface area contributed by atoms with Crippen LogP contribution in [-0.4, -0.2) is 49.6 Å². The summed E-state index contributed by atoms with van der Waals surface area (Å²) in [6.45, 7) is 0. The summed E-state index contributed by atoms with van der Waals surface area (Å²) in [5.41, 5.74) is 0.597. The Balaban J connectivity index is 1.87. The molecule has 5 nitrogen and oxygen atoms in total. The van der Waals surface area contributed by atoms with Gasteiger partial charge in [-0.2, -0.15) is 0 Å². The minimum Gasteiger partial charge on any atom is -0.342 e. The lowest BCUT2D eigenvalue weighted by molar-refractivity contribution is -0.131. The zero-order chi connectivity index (χ0) is 16.3. The van der Waals surface area contributed by atoms with E-state index in [1.807, 2.05) is 12.1 Å². The first kappa shape index (κ1) is 17.4. The van der Waals surface area contributed by atoms with E-state index in [-0.39, 0.29) is 42.1 Å². The van der Waals surface area contributed by atoms with Crippen molar-refractivity contribution in [1.82, 2.24) is 4.90 Å². The Morgan fingerprint density at radius 2 is 1.86 bits per heavy atom. The van der Waals surface area contributed by atoms with Crippen molar-refractivity contribution < 1.29 is 18.0 Å². The second kappa shape index (κ2) is 7.08. The molecule has 0 N–H and O–H groups in total. The normalized spacial score (nSPS) is 19.8. The van der Waals surface area contributed by atoms with Gasteiger partial charge in [0.1, 0.15) is 0 Å². The zero-order valence-electron chi connectivity index (χ0n) is 12.3. The van der Waals surface area contributed by atoms with Gasteiger partial charge in [0, 0.05) is 35.1 Å². The Bertz CT molecular complexity index is 669. The van der Waals surface area contributed by atoms with Gasteiger partial charge in [0.2, 0.25) is 5.91 Å². The maximum atomic E-state index is 12.1. The molecule has 0 bridgehead atoms. The van der Waals surface area contributed by atoms with Crippen LogP contribution in [0.25, 0.3) is 0 Å². The number of sulfone groups is 1. The van der Waals surface area contributed by atoms with Gasteiger partial charge in [-0.25, -0.2) is 8.42 Å². The minimum absolute atomic E-state index is 0.0281. The summed E-state index contributed by atoms with van der Waals surface area (Å²) in [5, 5.41) is 0. The van der Waals surface area contributed by atoms with Crippen LogP contribution in [0, 0.1) is 3.57 Å². The van der Waals surface area contributed by atoms with Crippen LogP contribution in [0.5, 0.6) is 0 Å². The number of nitrogens with zero attached hydrogens (tertiary/aromatic N) is 1. The SMILES string of the molecule is CN(C(=O)CCC(=O)c1ccc(I)cc1)[C@@H]1CCS(=O)(=O)C1. The molecule has 1 atom stereocenters. The van der Waals surface area contributed by atoms with E-state index >= 15 is 0 Å². The maximum Gasteiger partial charge on any atom is 0.223 e. The highest BCUT2D eigenvalue weighted by molar-refractivity contribution is 14.1. The number of benzene rings is 1. The fraction of sp³-hybridized carbons (Fsp3) is 0.467. The highest BCUT2D eigenvalue weighted by Crippen LogP contribution is 2.18. The summed E-state index contributed by atoms with van der Waals surface area (Å²) in [7, 11) is -1.40. The van der Waals surface area contributed by atoms with Crippen molar-refractivity contribution in [2.24, 2.45) is 0 Å². The van der Waals surface area contributed by atoms with Gasteiger partial charge in [-0.15, -0.1) is 0 Å². The molecule has 120 valence electrons. The van der Waals surface area contributed by atoms with Crippen LogP contribution < -0.4 is 0 Å². The first-order valence-corrected chi connectivity index (χ1v) is 9.93. The number of carbonyl (C=O) groups is 2. The lowest BCUT2D eigenvalue weighted by Crippen LogP contribution is -2.37. The van der Waals surface area contributed by atoms with Gasteiger partial charge in [0.05, 0.1) is 11.5 Å². The van der Waals surface area contributed by atoms with Crippen molar-refractivity contribution in [3.05, 3.63) is 33.4 Å². The van der Waals surface area contributed by atoms with Crippen molar-refractivity contribution in [1.29, 1.82) is 0 Å². The first-order chi connectivity index (χ1) is 10.3. The molecule has 0 saturated carbocycles. The Labute approximate surface area is 144 Å². The molecule has 1 aromatic carbocycles. The number of rotatable bonds is 5. The van der Waals surface area contributed by atoms with Gasteiger partial charge in [0.25, 0.3) is 0 Å². The third-order valence-electron chi connectivity index (χ3n) is 3.88. The molecule has 0 radical (unpaired) electrons. The largest absolute Gasteiger partial charge is 0.342 e. The van der Waals surface area contributed by atoms with Crippen molar-refractivity contribution in [3.8, 4) is 0 Å². The van der Waals surface area contributed by atoms with E-state index in [1.54, 1.807) is 19.2 Å². The average Bonchev–Trinajstić information content (AvgIpc) is 2.84. The average molecular weight is 435 g/mol. The molecule has 1 aliphatic heterocycles. The molecule has 0 aromatic heterocycles. The number of ketones is 1. The fourth-order valence-corrected chi connectivity index (χ4v) is 4.60. The molecule has 1 fully saturated rings. The molecule has 22 heavy (non-hydrogen) atoms. The molecule has 1 saturated heterocycles. The Kier molecular flexibility index (Phi) is 5.60. The smallest absolute Gasteiger partial charge is 0.223 e. The standard InChI is InChI=1S/C15H18INO4S/c1-17(13-8-9-22(20,21)10-13)15(19)7-6-14(18)11-2-4-12(16)5-3-11/h2-5,13H,6-10H2,1H3/t13-/m1/s1. The van der Waals surface area contributed by atoms with Gasteiger partial charge in [-0.3, -0.25) is 9.59 Å². The second-order valence-electron chi connectivity index (χ2n) is 5.49. The van der Waals surface area contributed by atoms with E-state index < -0.39 is 9.84 Å². The van der Waals surface area contributed by atoms with E-state index in [0.717, 1.165) is 3.57 Å². The van der Waals surface area contributed by atoms with Gasteiger partial charge in [-0.1, -0.05) is 12.1 Å². The number of hydrogen-bond acceptors (Lipinski definition) is 4. The van der Waals surface area contributed by atoms with Crippen LogP contribution in [0.2, 0.25) is 0 Å². The number of hydrogen-bond donors (Lipinski definition) is 0. The van der Waals surface area contributed by atoms with Crippen LogP contribution in [-0.2, 0) is 14.6 Å². The van der Waals surface area contributed by atoms with Crippen LogP contribution in [0.4, 0.5) is 0 Å². The van der Waals surface area contributed by atoms with Gasteiger partial charge < -0.3 is 4.90 Å². The molecule has 7 heteroatoms. The monoisotopic (exact) mass is 435 g/mol. The van der Waals surface area contributed by atoms with Gasteiger partial charge >= 0.3 is 0 Å².